The van der Waals surface area contributed by atoms with E-state index in [0.717, 1.165) is 21.8 Å². The van der Waals surface area contributed by atoms with Crippen molar-refractivity contribution in [3.8, 4) is 5.75 Å². The van der Waals surface area contributed by atoms with Gasteiger partial charge in [0.05, 0.1) is 23.7 Å². The Morgan fingerprint density at radius 2 is 1.84 bits per heavy atom. The first-order valence-corrected chi connectivity index (χ1v) is 7.35. The maximum Gasteiger partial charge on any atom is 0.120 e. The van der Waals surface area contributed by atoms with Crippen molar-refractivity contribution in [3.05, 3.63) is 59.7 Å². The van der Waals surface area contributed by atoms with Crippen LogP contribution in [0.15, 0.2) is 53.4 Å². The molecule has 2 aromatic rings. The summed E-state index contributed by atoms with van der Waals surface area (Å²) in [5.41, 5.74) is 7.69. The van der Waals surface area contributed by atoms with Gasteiger partial charge in [-0.25, -0.2) is 0 Å². The molecule has 0 fully saturated rings. The fourth-order valence-electron chi connectivity index (χ4n) is 1.82. The second-order valence-electron chi connectivity index (χ2n) is 4.19. The number of ether oxygens (including phenoxy) is 1. The van der Waals surface area contributed by atoms with E-state index in [-0.39, 0.29) is 0 Å². The van der Waals surface area contributed by atoms with Gasteiger partial charge in [0.25, 0.3) is 0 Å². The topological polar surface area (TPSA) is 52.3 Å². The average Bonchev–Trinajstić information content (AvgIpc) is 2.47. The summed E-state index contributed by atoms with van der Waals surface area (Å²) < 4.78 is 17.4. The van der Waals surface area contributed by atoms with Crippen LogP contribution in [0.5, 0.6) is 5.75 Å². The zero-order valence-electron chi connectivity index (χ0n) is 10.8. The molecule has 0 radical (unpaired) electrons. The van der Waals surface area contributed by atoms with E-state index in [1.807, 2.05) is 48.5 Å². The molecule has 1 atom stereocenters. The zero-order valence-corrected chi connectivity index (χ0v) is 11.7. The van der Waals surface area contributed by atoms with Crippen molar-refractivity contribution in [1.29, 1.82) is 0 Å². The molecule has 0 aromatic heterocycles. The summed E-state index contributed by atoms with van der Waals surface area (Å²) in [5.74, 6) is 1.21. The Morgan fingerprint density at radius 1 is 1.11 bits per heavy atom. The summed E-state index contributed by atoms with van der Waals surface area (Å²) in [4.78, 5) is 0.775. The van der Waals surface area contributed by atoms with E-state index < -0.39 is 10.8 Å². The molecule has 2 aromatic carbocycles. The van der Waals surface area contributed by atoms with Crippen LogP contribution in [0.3, 0.4) is 0 Å². The third-order valence-corrected chi connectivity index (χ3v) is 4.20. The van der Waals surface area contributed by atoms with Crippen LogP contribution in [0.1, 0.15) is 11.1 Å². The van der Waals surface area contributed by atoms with Crippen LogP contribution < -0.4 is 10.5 Å². The molecular formula is C15H17NO2S. The summed E-state index contributed by atoms with van der Waals surface area (Å²) in [6.45, 7) is 0.500. The largest absolute Gasteiger partial charge is 0.497 e. The molecule has 0 bridgehead atoms. The van der Waals surface area contributed by atoms with E-state index in [4.69, 9.17) is 10.5 Å². The standard InChI is InChI=1S/C15H17NO2S/c1-18-14-6-3-7-15(9-14)19(17)11-13-5-2-4-12(8-13)10-16/h2-9H,10-11,16H2,1H3. The summed E-state index contributed by atoms with van der Waals surface area (Å²) in [7, 11) is 0.527. The van der Waals surface area contributed by atoms with Gasteiger partial charge < -0.3 is 10.5 Å². The van der Waals surface area contributed by atoms with Crippen molar-refractivity contribution in [2.45, 2.75) is 17.2 Å². The molecule has 0 aliphatic heterocycles. The minimum atomic E-state index is -1.08. The first-order chi connectivity index (χ1) is 9.22. The van der Waals surface area contributed by atoms with Gasteiger partial charge >= 0.3 is 0 Å². The predicted molar refractivity (Wildman–Crippen MR) is 77.4 cm³/mol. The lowest BCUT2D eigenvalue weighted by Crippen LogP contribution is -2.00. The van der Waals surface area contributed by atoms with Crippen LogP contribution in [-0.4, -0.2) is 11.3 Å². The number of hydrogen-bond acceptors (Lipinski definition) is 3. The van der Waals surface area contributed by atoms with Gasteiger partial charge in [-0.05, 0) is 29.3 Å². The molecule has 0 aliphatic rings. The van der Waals surface area contributed by atoms with Gasteiger partial charge in [0.1, 0.15) is 5.75 Å². The van der Waals surface area contributed by atoms with Gasteiger partial charge in [0, 0.05) is 11.4 Å². The van der Waals surface area contributed by atoms with E-state index >= 15 is 0 Å². The molecule has 3 nitrogen and oxygen atoms in total. The molecule has 0 heterocycles. The smallest absolute Gasteiger partial charge is 0.120 e. The van der Waals surface area contributed by atoms with Gasteiger partial charge in [0.2, 0.25) is 0 Å². The maximum absolute atomic E-state index is 12.3. The van der Waals surface area contributed by atoms with Crippen LogP contribution in [0.4, 0.5) is 0 Å². The zero-order chi connectivity index (χ0) is 13.7. The maximum atomic E-state index is 12.3. The number of nitrogens with two attached hydrogens (primary N) is 1. The van der Waals surface area contributed by atoms with Crippen molar-refractivity contribution in [3.63, 3.8) is 0 Å². The highest BCUT2D eigenvalue weighted by molar-refractivity contribution is 7.84. The lowest BCUT2D eigenvalue weighted by molar-refractivity contribution is 0.413. The van der Waals surface area contributed by atoms with Crippen molar-refractivity contribution in [2.75, 3.05) is 7.11 Å². The molecule has 0 saturated carbocycles. The number of benzene rings is 2. The van der Waals surface area contributed by atoms with E-state index in [1.165, 1.54) is 0 Å². The van der Waals surface area contributed by atoms with Crippen molar-refractivity contribution < 1.29 is 8.95 Å². The molecular weight excluding hydrogens is 258 g/mol. The predicted octanol–water partition coefficient (Wildman–Crippen LogP) is 2.46. The van der Waals surface area contributed by atoms with Crippen molar-refractivity contribution >= 4 is 10.8 Å². The second kappa shape index (κ2) is 6.50. The highest BCUT2D eigenvalue weighted by atomic mass is 32.2. The van der Waals surface area contributed by atoms with Crippen LogP contribution in [0.25, 0.3) is 0 Å². The van der Waals surface area contributed by atoms with Crippen LogP contribution in [-0.2, 0) is 23.1 Å². The molecule has 100 valence electrons. The summed E-state index contributed by atoms with van der Waals surface area (Å²) in [5, 5.41) is 0. The Labute approximate surface area is 115 Å². The Morgan fingerprint density at radius 3 is 2.58 bits per heavy atom. The SMILES string of the molecule is COc1cccc(S(=O)Cc2cccc(CN)c2)c1. The molecule has 2 rings (SSSR count). The van der Waals surface area contributed by atoms with Gasteiger partial charge in [-0.2, -0.15) is 0 Å². The van der Waals surface area contributed by atoms with Crippen molar-refractivity contribution in [1.82, 2.24) is 0 Å². The lowest BCUT2D eigenvalue weighted by atomic mass is 10.1. The van der Waals surface area contributed by atoms with Gasteiger partial charge in [0.15, 0.2) is 0 Å². The third kappa shape index (κ3) is 3.66. The average molecular weight is 275 g/mol. The molecule has 0 amide bonds. The Hall–Kier alpha value is -1.65. The summed E-state index contributed by atoms with van der Waals surface area (Å²) in [6.07, 6.45) is 0. The quantitative estimate of drug-likeness (QED) is 0.912. The lowest BCUT2D eigenvalue weighted by Gasteiger charge is -2.06. The van der Waals surface area contributed by atoms with Crippen LogP contribution >= 0.6 is 0 Å². The fraction of sp³-hybridized carbons (Fsp3) is 0.200. The highest BCUT2D eigenvalue weighted by Gasteiger charge is 2.06. The third-order valence-electron chi connectivity index (χ3n) is 2.83. The van der Waals surface area contributed by atoms with Gasteiger partial charge in [-0.15, -0.1) is 0 Å². The molecule has 2 N–H and O–H groups in total. The molecule has 1 unspecified atom stereocenters. The van der Waals surface area contributed by atoms with E-state index in [0.29, 0.717) is 12.3 Å². The number of hydrogen-bond donors (Lipinski definition) is 1. The first kappa shape index (κ1) is 13.8. The molecule has 0 saturated heterocycles. The summed E-state index contributed by atoms with van der Waals surface area (Å²) in [6, 6.07) is 15.2. The number of methoxy groups -OCH3 is 1. The minimum Gasteiger partial charge on any atom is -0.497 e. The van der Waals surface area contributed by atoms with E-state index in [9.17, 15) is 4.21 Å². The first-order valence-electron chi connectivity index (χ1n) is 6.03. The van der Waals surface area contributed by atoms with E-state index in [2.05, 4.69) is 0 Å². The Bertz CT molecular complexity index is 584. The van der Waals surface area contributed by atoms with Gasteiger partial charge in [-0.3, -0.25) is 4.21 Å². The highest BCUT2D eigenvalue weighted by Crippen LogP contribution is 2.18. The second-order valence-corrected chi connectivity index (χ2v) is 5.64. The molecule has 4 heteroatoms. The normalized spacial score (nSPS) is 12.1. The summed E-state index contributed by atoms with van der Waals surface area (Å²) >= 11 is 0. The molecule has 19 heavy (non-hydrogen) atoms. The fourth-order valence-corrected chi connectivity index (χ4v) is 2.95. The minimum absolute atomic E-state index is 0.487. The van der Waals surface area contributed by atoms with Crippen LogP contribution in [0.2, 0.25) is 0 Å². The number of rotatable bonds is 5. The monoisotopic (exact) mass is 275 g/mol. The Kier molecular flexibility index (Phi) is 4.71. The van der Waals surface area contributed by atoms with E-state index in [1.54, 1.807) is 7.11 Å². The van der Waals surface area contributed by atoms with Gasteiger partial charge in [-0.1, -0.05) is 30.3 Å². The van der Waals surface area contributed by atoms with Crippen molar-refractivity contribution in [2.24, 2.45) is 5.73 Å². The molecule has 0 aliphatic carbocycles. The Balaban J connectivity index is 2.15. The van der Waals surface area contributed by atoms with Crippen LogP contribution in [0, 0.1) is 0 Å². The molecule has 0 spiro atoms.